The predicted molar refractivity (Wildman–Crippen MR) is 97.0 cm³/mol. The van der Waals surface area contributed by atoms with Crippen molar-refractivity contribution in [3.05, 3.63) is 33.0 Å². The van der Waals surface area contributed by atoms with E-state index in [1.165, 1.54) is 0 Å². The maximum Gasteiger partial charge on any atom is 0.260 e. The van der Waals surface area contributed by atoms with Gasteiger partial charge in [0.2, 0.25) is 0 Å². The van der Waals surface area contributed by atoms with Gasteiger partial charge >= 0.3 is 0 Å². The molecular weight excluding hydrogens is 431 g/mol. The lowest BCUT2D eigenvalue weighted by atomic mass is 10.2. The first-order chi connectivity index (χ1) is 11.1. The van der Waals surface area contributed by atoms with Crippen molar-refractivity contribution in [1.29, 1.82) is 0 Å². The van der Waals surface area contributed by atoms with Gasteiger partial charge in [-0.1, -0.05) is 11.6 Å². The highest BCUT2D eigenvalue weighted by atomic mass is 127. The molecule has 5 nitrogen and oxygen atoms in total. The quantitative estimate of drug-likeness (QED) is 0.680. The van der Waals surface area contributed by atoms with Crippen molar-refractivity contribution in [2.75, 3.05) is 26.3 Å². The van der Waals surface area contributed by atoms with Crippen molar-refractivity contribution >= 4 is 51.0 Å². The summed E-state index contributed by atoms with van der Waals surface area (Å²) in [6.07, 6.45) is 1.75. The molecule has 1 aromatic carbocycles. The average molecular weight is 447 g/mol. The molecular formula is C16H16ClIN2O3. The fourth-order valence-corrected chi connectivity index (χ4v) is 3.72. The van der Waals surface area contributed by atoms with Crippen molar-refractivity contribution in [2.45, 2.75) is 13.0 Å². The van der Waals surface area contributed by atoms with E-state index in [2.05, 4.69) is 27.6 Å². The maximum atomic E-state index is 12.3. The van der Waals surface area contributed by atoms with E-state index in [0.29, 0.717) is 36.0 Å². The Bertz CT molecular complexity index is 741. The molecule has 1 saturated heterocycles. The monoisotopic (exact) mass is 446 g/mol. The van der Waals surface area contributed by atoms with Crippen LogP contribution in [0.1, 0.15) is 6.92 Å². The van der Waals surface area contributed by atoms with Crippen molar-refractivity contribution in [3.63, 3.8) is 0 Å². The molecule has 1 fully saturated rings. The van der Waals surface area contributed by atoms with Crippen molar-refractivity contribution in [2.24, 2.45) is 0 Å². The SMILES string of the molecule is CC1CN(C(=O)COc2c(I)cc(Cl)c3cccnc23)CCO1. The highest BCUT2D eigenvalue weighted by Crippen LogP contribution is 2.34. The second-order valence-corrected chi connectivity index (χ2v) is 6.95. The maximum absolute atomic E-state index is 12.3. The lowest BCUT2D eigenvalue weighted by molar-refractivity contribution is -0.140. The molecule has 23 heavy (non-hydrogen) atoms. The molecule has 3 rings (SSSR count). The van der Waals surface area contributed by atoms with E-state index in [1.54, 1.807) is 11.1 Å². The molecule has 2 aromatic rings. The topological polar surface area (TPSA) is 51.7 Å². The Kier molecular flexibility index (Phi) is 5.23. The van der Waals surface area contributed by atoms with E-state index in [0.717, 1.165) is 8.96 Å². The number of ether oxygens (including phenoxy) is 2. The summed E-state index contributed by atoms with van der Waals surface area (Å²) in [5.74, 6) is 0.551. The zero-order valence-electron chi connectivity index (χ0n) is 12.6. The van der Waals surface area contributed by atoms with Gasteiger partial charge in [0.15, 0.2) is 12.4 Å². The van der Waals surface area contributed by atoms with Crippen LogP contribution in [0, 0.1) is 3.57 Å². The van der Waals surface area contributed by atoms with Gasteiger partial charge in [-0.25, -0.2) is 0 Å². The van der Waals surface area contributed by atoms with E-state index in [4.69, 9.17) is 21.1 Å². The minimum atomic E-state index is -0.0463. The number of nitrogens with zero attached hydrogens (tertiary/aromatic N) is 2. The molecule has 0 bridgehead atoms. The second-order valence-electron chi connectivity index (χ2n) is 5.38. The van der Waals surface area contributed by atoms with Gasteiger partial charge in [-0.2, -0.15) is 0 Å². The lowest BCUT2D eigenvalue weighted by Crippen LogP contribution is -2.46. The summed E-state index contributed by atoms with van der Waals surface area (Å²) < 4.78 is 12.1. The second kappa shape index (κ2) is 7.19. The zero-order valence-corrected chi connectivity index (χ0v) is 15.5. The van der Waals surface area contributed by atoms with Crippen LogP contribution in [-0.2, 0) is 9.53 Å². The predicted octanol–water partition coefficient (Wildman–Crippen LogP) is 3.12. The minimum Gasteiger partial charge on any atom is -0.480 e. The molecule has 0 spiro atoms. The van der Waals surface area contributed by atoms with Crippen LogP contribution in [0.3, 0.4) is 0 Å². The van der Waals surface area contributed by atoms with Gasteiger partial charge in [-0.3, -0.25) is 9.78 Å². The summed E-state index contributed by atoms with van der Waals surface area (Å²) in [6, 6.07) is 5.53. The first-order valence-corrected chi connectivity index (χ1v) is 8.77. The number of amides is 1. The van der Waals surface area contributed by atoms with E-state index in [-0.39, 0.29) is 18.6 Å². The Morgan fingerprint density at radius 1 is 1.61 bits per heavy atom. The van der Waals surface area contributed by atoms with E-state index < -0.39 is 0 Å². The van der Waals surface area contributed by atoms with Gasteiger partial charge in [-0.05, 0) is 47.7 Å². The normalized spacial score (nSPS) is 18.2. The number of aromatic nitrogens is 1. The van der Waals surface area contributed by atoms with Crippen molar-refractivity contribution in [3.8, 4) is 5.75 Å². The number of pyridine rings is 1. The molecule has 1 atom stereocenters. The number of morpholine rings is 1. The Morgan fingerprint density at radius 2 is 2.43 bits per heavy atom. The van der Waals surface area contributed by atoms with Gasteiger partial charge in [0.05, 0.1) is 21.3 Å². The largest absolute Gasteiger partial charge is 0.480 e. The molecule has 7 heteroatoms. The number of carbonyl (C=O) groups excluding carboxylic acids is 1. The fourth-order valence-electron chi connectivity index (χ4n) is 2.55. The van der Waals surface area contributed by atoms with Crippen LogP contribution in [0.4, 0.5) is 0 Å². The molecule has 0 aliphatic carbocycles. The van der Waals surface area contributed by atoms with Crippen molar-refractivity contribution < 1.29 is 14.3 Å². The number of halogens is 2. The molecule has 1 aromatic heterocycles. The molecule has 1 unspecified atom stereocenters. The molecule has 122 valence electrons. The van der Waals surface area contributed by atoms with Crippen LogP contribution in [0.5, 0.6) is 5.75 Å². The van der Waals surface area contributed by atoms with Crippen molar-refractivity contribution in [1.82, 2.24) is 9.88 Å². The van der Waals surface area contributed by atoms with E-state index in [1.807, 2.05) is 25.1 Å². The summed E-state index contributed by atoms with van der Waals surface area (Å²) >= 11 is 8.39. The average Bonchev–Trinajstić information content (AvgIpc) is 2.54. The van der Waals surface area contributed by atoms with Crippen LogP contribution >= 0.6 is 34.2 Å². The van der Waals surface area contributed by atoms with Crippen LogP contribution < -0.4 is 4.74 Å². The third-order valence-electron chi connectivity index (χ3n) is 3.68. The smallest absolute Gasteiger partial charge is 0.260 e. The summed E-state index contributed by atoms with van der Waals surface area (Å²) in [5.41, 5.74) is 0.674. The Hall–Kier alpha value is -1.12. The molecule has 0 saturated carbocycles. The Labute approximate surface area is 153 Å². The molecule has 1 aliphatic heterocycles. The number of benzene rings is 1. The summed E-state index contributed by atoms with van der Waals surface area (Å²) in [6.45, 7) is 3.70. The van der Waals surface area contributed by atoms with Gasteiger partial charge in [-0.15, -0.1) is 0 Å². The van der Waals surface area contributed by atoms with Crippen LogP contribution in [-0.4, -0.2) is 48.2 Å². The highest BCUT2D eigenvalue weighted by Gasteiger charge is 2.22. The lowest BCUT2D eigenvalue weighted by Gasteiger charge is -2.31. The summed E-state index contributed by atoms with van der Waals surface area (Å²) in [4.78, 5) is 18.4. The zero-order chi connectivity index (χ0) is 16.4. The molecule has 0 N–H and O–H groups in total. The molecule has 2 heterocycles. The van der Waals surface area contributed by atoms with Gasteiger partial charge in [0.1, 0.15) is 5.52 Å². The minimum absolute atomic E-state index is 0.0178. The highest BCUT2D eigenvalue weighted by molar-refractivity contribution is 14.1. The molecule has 1 amide bonds. The Morgan fingerprint density at radius 3 is 3.22 bits per heavy atom. The van der Waals surface area contributed by atoms with Crippen LogP contribution in [0.15, 0.2) is 24.4 Å². The number of carbonyl (C=O) groups is 1. The Balaban J connectivity index is 1.78. The first kappa shape index (κ1) is 16.7. The summed E-state index contributed by atoms with van der Waals surface area (Å²) in [5, 5.41) is 1.44. The molecule has 1 aliphatic rings. The van der Waals surface area contributed by atoms with E-state index >= 15 is 0 Å². The number of rotatable bonds is 3. The van der Waals surface area contributed by atoms with Crippen LogP contribution in [0.2, 0.25) is 5.02 Å². The van der Waals surface area contributed by atoms with Gasteiger partial charge in [0, 0.05) is 24.7 Å². The molecule has 0 radical (unpaired) electrons. The van der Waals surface area contributed by atoms with Gasteiger partial charge in [0.25, 0.3) is 5.91 Å². The number of fused-ring (bicyclic) bond motifs is 1. The van der Waals surface area contributed by atoms with E-state index in [9.17, 15) is 4.79 Å². The number of hydrogen-bond donors (Lipinski definition) is 0. The third-order valence-corrected chi connectivity index (χ3v) is 4.80. The summed E-state index contributed by atoms with van der Waals surface area (Å²) in [7, 11) is 0. The number of hydrogen-bond acceptors (Lipinski definition) is 4. The standard InChI is InChI=1S/C16H16ClIN2O3/c1-10-8-20(5-6-22-10)14(21)9-23-16-13(18)7-12(17)11-3-2-4-19-15(11)16/h2-4,7,10H,5-6,8-9H2,1H3. The third kappa shape index (κ3) is 3.70. The van der Waals surface area contributed by atoms with Crippen LogP contribution in [0.25, 0.3) is 10.9 Å². The van der Waals surface area contributed by atoms with Gasteiger partial charge < -0.3 is 14.4 Å². The fraction of sp³-hybridized carbons (Fsp3) is 0.375. The first-order valence-electron chi connectivity index (χ1n) is 7.31.